The highest BCUT2D eigenvalue weighted by Gasteiger charge is 2.42. The molecule has 98 valence electrons. The molecule has 3 rings (SSSR count). The summed E-state index contributed by atoms with van der Waals surface area (Å²) in [5.41, 5.74) is 1.11. The van der Waals surface area contributed by atoms with Gasteiger partial charge in [0.25, 0.3) is 0 Å². The number of fused-ring (bicyclic) bond motifs is 1. The predicted molar refractivity (Wildman–Crippen MR) is 74.0 cm³/mol. The number of nitrogens with one attached hydrogen (secondary N) is 1. The van der Waals surface area contributed by atoms with Crippen molar-refractivity contribution < 1.29 is 9.47 Å². The van der Waals surface area contributed by atoms with E-state index in [0.717, 1.165) is 36.1 Å². The van der Waals surface area contributed by atoms with Gasteiger partial charge in [0, 0.05) is 29.1 Å². The summed E-state index contributed by atoms with van der Waals surface area (Å²) in [6.45, 7) is 1.57. The second kappa shape index (κ2) is 4.83. The van der Waals surface area contributed by atoms with Crippen molar-refractivity contribution in [3.63, 3.8) is 0 Å². The fraction of sp³-hybridized carbons (Fsp3) is 0.571. The van der Waals surface area contributed by atoms with E-state index in [1.54, 1.807) is 0 Å². The molecule has 1 aromatic carbocycles. The fourth-order valence-electron chi connectivity index (χ4n) is 2.97. The minimum Gasteiger partial charge on any atom is -0.484 e. The number of rotatable bonds is 1. The molecular weight excluding hydrogens is 294 g/mol. The lowest BCUT2D eigenvalue weighted by Crippen LogP contribution is -2.49. The van der Waals surface area contributed by atoms with E-state index in [1.165, 1.54) is 5.56 Å². The zero-order valence-corrected chi connectivity index (χ0v) is 12.1. The third-order valence-electron chi connectivity index (χ3n) is 3.89. The Morgan fingerprint density at radius 2 is 2.33 bits per heavy atom. The maximum atomic E-state index is 6.28. The van der Waals surface area contributed by atoms with Gasteiger partial charge in [-0.25, -0.2) is 0 Å². The Hall–Kier alpha value is -0.580. The highest BCUT2D eigenvalue weighted by molar-refractivity contribution is 9.10. The first-order chi connectivity index (χ1) is 8.72. The average molecular weight is 312 g/mol. The third-order valence-corrected chi connectivity index (χ3v) is 4.38. The van der Waals surface area contributed by atoms with Gasteiger partial charge in [-0.1, -0.05) is 22.0 Å². The summed E-state index contributed by atoms with van der Waals surface area (Å²) in [4.78, 5) is 0. The quantitative estimate of drug-likeness (QED) is 0.864. The van der Waals surface area contributed by atoms with Crippen LogP contribution in [0.25, 0.3) is 0 Å². The van der Waals surface area contributed by atoms with Crippen LogP contribution in [-0.4, -0.2) is 25.9 Å². The van der Waals surface area contributed by atoms with Crippen LogP contribution in [0.2, 0.25) is 0 Å². The standard InChI is InChI=1S/C14H18BrNO2/c1-16-12-8-14(5-2-6-17-9-14)18-13-7-10(15)3-4-11(12)13/h3-4,7,12,16H,2,5-6,8-9H2,1H3. The molecule has 1 N–H and O–H groups in total. The number of halogens is 1. The Balaban J connectivity index is 1.97. The monoisotopic (exact) mass is 311 g/mol. The molecule has 2 atom stereocenters. The van der Waals surface area contributed by atoms with Crippen LogP contribution in [0.1, 0.15) is 30.9 Å². The van der Waals surface area contributed by atoms with Crippen LogP contribution in [0, 0.1) is 0 Å². The van der Waals surface area contributed by atoms with E-state index in [1.807, 2.05) is 7.05 Å². The number of hydrogen-bond donors (Lipinski definition) is 1. The zero-order chi connectivity index (χ0) is 12.6. The second-order valence-corrected chi connectivity index (χ2v) is 6.08. The van der Waals surface area contributed by atoms with Gasteiger partial charge in [0.05, 0.1) is 6.61 Å². The Morgan fingerprint density at radius 1 is 1.44 bits per heavy atom. The molecule has 2 aliphatic heterocycles. The molecule has 1 fully saturated rings. The molecule has 0 saturated carbocycles. The number of benzene rings is 1. The molecule has 4 heteroatoms. The summed E-state index contributed by atoms with van der Waals surface area (Å²) >= 11 is 3.51. The lowest BCUT2D eigenvalue weighted by atomic mass is 9.83. The van der Waals surface area contributed by atoms with E-state index in [2.05, 4.69) is 39.4 Å². The van der Waals surface area contributed by atoms with Gasteiger partial charge in [0.2, 0.25) is 0 Å². The Bertz CT molecular complexity index is 443. The van der Waals surface area contributed by atoms with Crippen molar-refractivity contribution in [1.29, 1.82) is 0 Å². The molecule has 3 nitrogen and oxygen atoms in total. The van der Waals surface area contributed by atoms with E-state index in [9.17, 15) is 0 Å². The zero-order valence-electron chi connectivity index (χ0n) is 10.5. The molecule has 2 aliphatic rings. The van der Waals surface area contributed by atoms with Gasteiger partial charge >= 0.3 is 0 Å². The van der Waals surface area contributed by atoms with Crippen LogP contribution < -0.4 is 10.1 Å². The lowest BCUT2D eigenvalue weighted by Gasteiger charge is -2.44. The molecule has 1 saturated heterocycles. The van der Waals surface area contributed by atoms with Gasteiger partial charge < -0.3 is 14.8 Å². The summed E-state index contributed by atoms with van der Waals surface area (Å²) in [5, 5.41) is 3.40. The van der Waals surface area contributed by atoms with Crippen LogP contribution in [0.4, 0.5) is 0 Å². The van der Waals surface area contributed by atoms with E-state index >= 15 is 0 Å². The molecule has 0 amide bonds. The maximum Gasteiger partial charge on any atom is 0.134 e. The third kappa shape index (κ3) is 2.17. The lowest BCUT2D eigenvalue weighted by molar-refractivity contribution is -0.0851. The number of hydrogen-bond acceptors (Lipinski definition) is 3. The summed E-state index contributed by atoms with van der Waals surface area (Å²) in [5.74, 6) is 0.987. The minimum absolute atomic E-state index is 0.139. The van der Waals surface area contributed by atoms with E-state index in [-0.39, 0.29) is 5.60 Å². The predicted octanol–water partition coefficient (Wildman–Crippen LogP) is 3.04. The summed E-state index contributed by atoms with van der Waals surface area (Å²) in [6, 6.07) is 6.62. The molecule has 1 aromatic rings. The molecule has 0 aliphatic carbocycles. The normalized spacial score (nSPS) is 30.9. The molecule has 18 heavy (non-hydrogen) atoms. The van der Waals surface area contributed by atoms with Crippen molar-refractivity contribution in [3.8, 4) is 5.75 Å². The molecular formula is C14H18BrNO2. The highest BCUT2D eigenvalue weighted by Crippen LogP contribution is 2.43. The first-order valence-corrected chi connectivity index (χ1v) is 7.25. The molecule has 1 spiro atoms. The largest absolute Gasteiger partial charge is 0.484 e. The van der Waals surface area contributed by atoms with Gasteiger partial charge in [-0.05, 0) is 32.0 Å². The molecule has 0 radical (unpaired) electrons. The van der Waals surface area contributed by atoms with Crippen molar-refractivity contribution in [2.75, 3.05) is 20.3 Å². The topological polar surface area (TPSA) is 30.5 Å². The SMILES string of the molecule is CNC1CC2(CCCOC2)Oc2cc(Br)ccc21. The van der Waals surface area contributed by atoms with Crippen molar-refractivity contribution in [1.82, 2.24) is 5.32 Å². The molecule has 2 heterocycles. The molecule has 2 unspecified atom stereocenters. The van der Waals surface area contributed by atoms with Crippen molar-refractivity contribution in [3.05, 3.63) is 28.2 Å². The van der Waals surface area contributed by atoms with Crippen LogP contribution >= 0.6 is 15.9 Å². The number of ether oxygens (including phenoxy) is 2. The van der Waals surface area contributed by atoms with Crippen LogP contribution in [0.15, 0.2) is 22.7 Å². The van der Waals surface area contributed by atoms with E-state index < -0.39 is 0 Å². The van der Waals surface area contributed by atoms with Crippen molar-refractivity contribution in [2.24, 2.45) is 0 Å². The van der Waals surface area contributed by atoms with Gasteiger partial charge in [-0.3, -0.25) is 0 Å². The Morgan fingerprint density at radius 3 is 3.06 bits per heavy atom. The van der Waals surface area contributed by atoms with Gasteiger partial charge in [-0.2, -0.15) is 0 Å². The van der Waals surface area contributed by atoms with E-state index in [0.29, 0.717) is 12.6 Å². The Labute approximate surface area is 116 Å². The fourth-order valence-corrected chi connectivity index (χ4v) is 3.31. The summed E-state index contributed by atoms with van der Waals surface area (Å²) in [7, 11) is 2.01. The van der Waals surface area contributed by atoms with Crippen LogP contribution in [-0.2, 0) is 4.74 Å². The maximum absolute atomic E-state index is 6.28. The van der Waals surface area contributed by atoms with Crippen molar-refractivity contribution in [2.45, 2.75) is 30.9 Å². The highest BCUT2D eigenvalue weighted by atomic mass is 79.9. The first-order valence-electron chi connectivity index (χ1n) is 6.46. The summed E-state index contributed by atoms with van der Waals surface area (Å²) in [6.07, 6.45) is 3.15. The van der Waals surface area contributed by atoms with Gasteiger partial charge in [-0.15, -0.1) is 0 Å². The van der Waals surface area contributed by atoms with Crippen molar-refractivity contribution >= 4 is 15.9 Å². The summed E-state index contributed by atoms with van der Waals surface area (Å²) < 4.78 is 13.0. The second-order valence-electron chi connectivity index (χ2n) is 5.17. The minimum atomic E-state index is -0.139. The Kier molecular flexibility index (Phi) is 3.34. The van der Waals surface area contributed by atoms with Gasteiger partial charge in [0.1, 0.15) is 11.4 Å². The smallest absolute Gasteiger partial charge is 0.134 e. The van der Waals surface area contributed by atoms with Crippen LogP contribution in [0.5, 0.6) is 5.75 Å². The van der Waals surface area contributed by atoms with E-state index in [4.69, 9.17) is 9.47 Å². The van der Waals surface area contributed by atoms with Gasteiger partial charge in [0.15, 0.2) is 0 Å². The average Bonchev–Trinajstić information content (AvgIpc) is 2.38. The molecule has 0 aromatic heterocycles. The van der Waals surface area contributed by atoms with Crippen LogP contribution in [0.3, 0.4) is 0 Å². The molecule has 0 bridgehead atoms. The first kappa shape index (κ1) is 12.5.